The first kappa shape index (κ1) is 15.4. The first-order valence-electron chi connectivity index (χ1n) is 5.89. The van der Waals surface area contributed by atoms with Crippen molar-refractivity contribution >= 4 is 23.8 Å². The van der Waals surface area contributed by atoms with E-state index in [0.717, 1.165) is 0 Å². The third-order valence-electron chi connectivity index (χ3n) is 2.61. The van der Waals surface area contributed by atoms with Crippen LogP contribution in [0.2, 0.25) is 0 Å². The molecule has 19 heavy (non-hydrogen) atoms. The Labute approximate surface area is 116 Å². The molecule has 0 aliphatic carbocycles. The van der Waals surface area contributed by atoms with Gasteiger partial charge in [0, 0.05) is 11.8 Å². The number of carbonyl (C=O) groups is 2. The minimum atomic E-state index is -1.08. The summed E-state index contributed by atoms with van der Waals surface area (Å²) in [4.78, 5) is 22.8. The van der Waals surface area contributed by atoms with Crippen LogP contribution in [0.4, 0.5) is 4.79 Å². The molecule has 104 valence electrons. The van der Waals surface area contributed by atoms with Gasteiger partial charge in [-0.2, -0.15) is 11.8 Å². The lowest BCUT2D eigenvalue weighted by atomic mass is 10.1. The number of amides is 2. The largest absolute Gasteiger partial charge is 0.479 e. The fourth-order valence-electron chi connectivity index (χ4n) is 1.44. The molecule has 2 atom stereocenters. The van der Waals surface area contributed by atoms with Gasteiger partial charge in [-0.25, -0.2) is 9.59 Å². The second kappa shape index (κ2) is 7.68. The van der Waals surface area contributed by atoms with E-state index in [1.165, 1.54) is 0 Å². The third kappa shape index (κ3) is 5.21. The standard InChI is InChI=1S/C13H18N2O3S/c1-9(19-2)8-14-13(18)15-11(12(16)17)10-6-4-3-5-7-10/h3-7,9,11H,8H2,1-2H3,(H,16,17)(H2,14,15,18)/t9?,11-/m1/s1. The number of benzene rings is 1. The summed E-state index contributed by atoms with van der Waals surface area (Å²) in [6.07, 6.45) is 1.95. The van der Waals surface area contributed by atoms with Crippen molar-refractivity contribution in [3.63, 3.8) is 0 Å². The van der Waals surface area contributed by atoms with Crippen molar-refractivity contribution in [2.45, 2.75) is 18.2 Å². The predicted octanol–water partition coefficient (Wildman–Crippen LogP) is 1.86. The molecule has 0 aliphatic rings. The van der Waals surface area contributed by atoms with Gasteiger partial charge in [-0.15, -0.1) is 0 Å². The summed E-state index contributed by atoms with van der Waals surface area (Å²) in [5.41, 5.74) is 0.545. The topological polar surface area (TPSA) is 78.4 Å². The average molecular weight is 282 g/mol. The number of hydrogen-bond acceptors (Lipinski definition) is 3. The van der Waals surface area contributed by atoms with Crippen molar-refractivity contribution in [1.29, 1.82) is 0 Å². The number of urea groups is 1. The van der Waals surface area contributed by atoms with E-state index in [-0.39, 0.29) is 5.25 Å². The van der Waals surface area contributed by atoms with Crippen LogP contribution in [0.25, 0.3) is 0 Å². The van der Waals surface area contributed by atoms with E-state index in [9.17, 15) is 9.59 Å². The molecule has 0 fully saturated rings. The smallest absolute Gasteiger partial charge is 0.330 e. The van der Waals surface area contributed by atoms with Crippen LogP contribution in [0.3, 0.4) is 0 Å². The van der Waals surface area contributed by atoms with Crippen molar-refractivity contribution < 1.29 is 14.7 Å². The second-order valence-corrected chi connectivity index (χ2v) is 5.36. The zero-order valence-electron chi connectivity index (χ0n) is 10.9. The fraction of sp³-hybridized carbons (Fsp3) is 0.385. The molecular formula is C13H18N2O3S. The summed E-state index contributed by atoms with van der Waals surface area (Å²) in [6.45, 7) is 2.48. The van der Waals surface area contributed by atoms with Crippen LogP contribution in [0, 0.1) is 0 Å². The molecule has 0 spiro atoms. The van der Waals surface area contributed by atoms with Crippen molar-refractivity contribution in [2.24, 2.45) is 0 Å². The summed E-state index contributed by atoms with van der Waals surface area (Å²) in [5, 5.41) is 14.5. The van der Waals surface area contributed by atoms with Gasteiger partial charge in [0.25, 0.3) is 0 Å². The van der Waals surface area contributed by atoms with Crippen LogP contribution in [-0.4, -0.2) is 35.2 Å². The van der Waals surface area contributed by atoms with Gasteiger partial charge < -0.3 is 15.7 Å². The molecule has 1 unspecified atom stereocenters. The van der Waals surface area contributed by atoms with Gasteiger partial charge in [-0.3, -0.25) is 0 Å². The fourth-order valence-corrected chi connectivity index (χ4v) is 1.69. The number of hydrogen-bond donors (Lipinski definition) is 3. The molecule has 3 N–H and O–H groups in total. The van der Waals surface area contributed by atoms with Gasteiger partial charge in [0.15, 0.2) is 6.04 Å². The zero-order chi connectivity index (χ0) is 14.3. The molecule has 2 amide bonds. The number of nitrogens with one attached hydrogen (secondary N) is 2. The van der Waals surface area contributed by atoms with Gasteiger partial charge in [0.2, 0.25) is 0 Å². The predicted molar refractivity (Wildman–Crippen MR) is 76.3 cm³/mol. The van der Waals surface area contributed by atoms with Crippen molar-refractivity contribution in [3.05, 3.63) is 35.9 Å². The van der Waals surface area contributed by atoms with Gasteiger partial charge in [-0.05, 0) is 11.8 Å². The van der Waals surface area contributed by atoms with Gasteiger partial charge in [-0.1, -0.05) is 37.3 Å². The Morgan fingerprint density at radius 3 is 2.47 bits per heavy atom. The normalized spacial score (nSPS) is 13.4. The monoisotopic (exact) mass is 282 g/mol. The summed E-state index contributed by atoms with van der Waals surface area (Å²) in [5.74, 6) is -1.08. The van der Waals surface area contributed by atoms with E-state index in [2.05, 4.69) is 10.6 Å². The Hall–Kier alpha value is -1.69. The lowest BCUT2D eigenvalue weighted by Gasteiger charge is -2.16. The Kier molecular flexibility index (Phi) is 6.21. The first-order chi connectivity index (χ1) is 9.04. The van der Waals surface area contributed by atoms with E-state index < -0.39 is 18.0 Å². The van der Waals surface area contributed by atoms with Crippen LogP contribution in [0.5, 0.6) is 0 Å². The van der Waals surface area contributed by atoms with Gasteiger partial charge in [0.1, 0.15) is 0 Å². The number of rotatable bonds is 6. The van der Waals surface area contributed by atoms with E-state index in [1.807, 2.05) is 13.2 Å². The maximum absolute atomic E-state index is 11.7. The number of aliphatic carboxylic acids is 1. The average Bonchev–Trinajstić information content (AvgIpc) is 2.42. The molecule has 6 heteroatoms. The van der Waals surface area contributed by atoms with E-state index in [1.54, 1.807) is 42.1 Å². The summed E-state index contributed by atoms with van der Waals surface area (Å²) < 4.78 is 0. The molecule has 1 aromatic carbocycles. The van der Waals surface area contributed by atoms with Crippen LogP contribution in [-0.2, 0) is 4.79 Å². The molecule has 0 saturated carbocycles. The van der Waals surface area contributed by atoms with Gasteiger partial charge >= 0.3 is 12.0 Å². The van der Waals surface area contributed by atoms with E-state index in [0.29, 0.717) is 12.1 Å². The highest BCUT2D eigenvalue weighted by molar-refractivity contribution is 7.99. The maximum Gasteiger partial charge on any atom is 0.330 e. The second-order valence-electron chi connectivity index (χ2n) is 4.08. The lowest BCUT2D eigenvalue weighted by molar-refractivity contribution is -0.139. The molecule has 1 aromatic rings. The molecular weight excluding hydrogens is 264 g/mol. The Morgan fingerprint density at radius 1 is 1.32 bits per heavy atom. The highest BCUT2D eigenvalue weighted by Gasteiger charge is 2.21. The van der Waals surface area contributed by atoms with E-state index >= 15 is 0 Å². The number of thioether (sulfide) groups is 1. The van der Waals surface area contributed by atoms with Crippen LogP contribution < -0.4 is 10.6 Å². The summed E-state index contributed by atoms with van der Waals surface area (Å²) >= 11 is 1.63. The number of carboxylic acids is 1. The van der Waals surface area contributed by atoms with Crippen molar-refractivity contribution in [3.8, 4) is 0 Å². The Bertz CT molecular complexity index is 425. The number of carboxylic acid groups (broad SMARTS) is 1. The quantitative estimate of drug-likeness (QED) is 0.744. The molecule has 0 bridgehead atoms. The molecule has 5 nitrogen and oxygen atoms in total. The molecule has 0 heterocycles. The third-order valence-corrected chi connectivity index (χ3v) is 3.58. The molecule has 0 aromatic heterocycles. The highest BCUT2D eigenvalue weighted by Crippen LogP contribution is 2.12. The Morgan fingerprint density at radius 2 is 1.95 bits per heavy atom. The van der Waals surface area contributed by atoms with Crippen molar-refractivity contribution in [1.82, 2.24) is 10.6 Å². The molecule has 0 radical (unpaired) electrons. The molecule has 1 rings (SSSR count). The molecule has 0 saturated heterocycles. The van der Waals surface area contributed by atoms with Crippen LogP contribution in [0.1, 0.15) is 18.5 Å². The SMILES string of the molecule is CSC(C)CNC(=O)N[C@@H](C(=O)O)c1ccccc1. The lowest BCUT2D eigenvalue weighted by Crippen LogP contribution is -2.42. The van der Waals surface area contributed by atoms with Crippen LogP contribution >= 0.6 is 11.8 Å². The minimum Gasteiger partial charge on any atom is -0.479 e. The summed E-state index contributed by atoms with van der Waals surface area (Å²) in [7, 11) is 0. The zero-order valence-corrected chi connectivity index (χ0v) is 11.7. The Balaban J connectivity index is 2.60. The van der Waals surface area contributed by atoms with Crippen molar-refractivity contribution in [2.75, 3.05) is 12.8 Å². The maximum atomic E-state index is 11.7. The minimum absolute atomic E-state index is 0.283. The van der Waals surface area contributed by atoms with Gasteiger partial charge in [0.05, 0.1) is 0 Å². The molecule has 0 aliphatic heterocycles. The highest BCUT2D eigenvalue weighted by atomic mass is 32.2. The van der Waals surface area contributed by atoms with E-state index in [4.69, 9.17) is 5.11 Å². The summed E-state index contributed by atoms with van der Waals surface area (Å²) in [6, 6.07) is 7.10. The first-order valence-corrected chi connectivity index (χ1v) is 7.18. The number of carbonyl (C=O) groups excluding carboxylic acids is 1. The van der Waals surface area contributed by atoms with Crippen LogP contribution in [0.15, 0.2) is 30.3 Å².